The number of rotatable bonds is 9. The SMILES string of the molecule is CCOCCCN=C(Nc1ccc(C(=O)O)cc1)N1CCN(c2ccc(C(C)=O)cc2)CC1. The maximum atomic E-state index is 11.5. The molecular weight excluding hydrogens is 420 g/mol. The number of aliphatic imine (C=N–C) groups is 1. The number of aromatic carboxylic acids is 1. The van der Waals surface area contributed by atoms with Crippen molar-refractivity contribution < 1.29 is 19.4 Å². The predicted octanol–water partition coefficient (Wildman–Crippen LogP) is 3.60. The third kappa shape index (κ3) is 7.05. The Labute approximate surface area is 194 Å². The van der Waals surface area contributed by atoms with Crippen molar-refractivity contribution in [1.82, 2.24) is 4.90 Å². The third-order valence-electron chi connectivity index (χ3n) is 5.52. The van der Waals surface area contributed by atoms with Gasteiger partial charge in [-0.15, -0.1) is 0 Å². The summed E-state index contributed by atoms with van der Waals surface area (Å²) in [4.78, 5) is 31.9. The van der Waals surface area contributed by atoms with Crippen LogP contribution in [-0.4, -0.2) is 73.7 Å². The molecule has 1 fully saturated rings. The van der Waals surface area contributed by atoms with Crippen LogP contribution < -0.4 is 10.2 Å². The third-order valence-corrected chi connectivity index (χ3v) is 5.52. The standard InChI is InChI=1S/C25H32N4O4/c1-3-33-18-4-13-26-25(27-22-9-5-21(6-10-22)24(31)32)29-16-14-28(15-17-29)23-11-7-20(8-12-23)19(2)30/h5-12H,3-4,13-18H2,1-2H3,(H,26,27)(H,31,32). The largest absolute Gasteiger partial charge is 0.478 e. The molecule has 1 saturated heterocycles. The number of hydrogen-bond donors (Lipinski definition) is 2. The minimum absolute atomic E-state index is 0.0685. The smallest absolute Gasteiger partial charge is 0.335 e. The molecule has 176 valence electrons. The summed E-state index contributed by atoms with van der Waals surface area (Å²) in [6, 6.07) is 14.4. The molecule has 1 aliphatic heterocycles. The number of ether oxygens (including phenoxy) is 1. The Hall–Kier alpha value is -3.39. The maximum Gasteiger partial charge on any atom is 0.335 e. The van der Waals surface area contributed by atoms with Gasteiger partial charge in [-0.05, 0) is 68.8 Å². The van der Waals surface area contributed by atoms with Crippen LogP contribution in [0.25, 0.3) is 0 Å². The lowest BCUT2D eigenvalue weighted by Crippen LogP contribution is -2.50. The van der Waals surface area contributed by atoms with E-state index >= 15 is 0 Å². The lowest BCUT2D eigenvalue weighted by molar-refractivity contribution is 0.0696. The first-order chi connectivity index (χ1) is 16.0. The lowest BCUT2D eigenvalue weighted by Gasteiger charge is -2.37. The first-order valence-electron chi connectivity index (χ1n) is 11.3. The average Bonchev–Trinajstić information content (AvgIpc) is 2.83. The van der Waals surface area contributed by atoms with Gasteiger partial charge in [0.25, 0.3) is 0 Å². The number of nitrogens with one attached hydrogen (secondary N) is 1. The highest BCUT2D eigenvalue weighted by Crippen LogP contribution is 2.19. The van der Waals surface area contributed by atoms with Crippen LogP contribution in [-0.2, 0) is 4.74 Å². The molecule has 0 aliphatic carbocycles. The minimum Gasteiger partial charge on any atom is -0.478 e. The molecule has 2 aromatic carbocycles. The highest BCUT2D eigenvalue weighted by Gasteiger charge is 2.20. The fraction of sp³-hybridized carbons (Fsp3) is 0.400. The topological polar surface area (TPSA) is 94.5 Å². The Kier molecular flexibility index (Phi) is 8.83. The lowest BCUT2D eigenvalue weighted by atomic mass is 10.1. The van der Waals surface area contributed by atoms with E-state index in [4.69, 9.17) is 14.8 Å². The van der Waals surface area contributed by atoms with Gasteiger partial charge in [-0.1, -0.05) is 0 Å². The number of carbonyl (C=O) groups is 2. The van der Waals surface area contributed by atoms with Crippen molar-refractivity contribution in [3.63, 3.8) is 0 Å². The van der Waals surface area contributed by atoms with E-state index in [-0.39, 0.29) is 11.3 Å². The van der Waals surface area contributed by atoms with E-state index in [0.29, 0.717) is 19.8 Å². The number of carboxylic acids is 1. The summed E-state index contributed by atoms with van der Waals surface area (Å²) in [6.07, 6.45) is 0.833. The summed E-state index contributed by atoms with van der Waals surface area (Å²) >= 11 is 0. The minimum atomic E-state index is -0.946. The fourth-order valence-corrected chi connectivity index (χ4v) is 3.62. The second-order valence-corrected chi connectivity index (χ2v) is 7.84. The average molecular weight is 453 g/mol. The highest BCUT2D eigenvalue weighted by molar-refractivity contribution is 5.95. The molecule has 1 aliphatic rings. The second-order valence-electron chi connectivity index (χ2n) is 7.84. The zero-order chi connectivity index (χ0) is 23.6. The monoisotopic (exact) mass is 452 g/mol. The number of carboxylic acid groups (broad SMARTS) is 1. The number of hydrogen-bond acceptors (Lipinski definition) is 5. The predicted molar refractivity (Wildman–Crippen MR) is 131 cm³/mol. The van der Waals surface area contributed by atoms with Crippen LogP contribution in [0.2, 0.25) is 0 Å². The molecule has 0 saturated carbocycles. The zero-order valence-electron chi connectivity index (χ0n) is 19.3. The number of guanidine groups is 1. The van der Waals surface area contributed by atoms with E-state index in [1.807, 2.05) is 31.2 Å². The van der Waals surface area contributed by atoms with E-state index in [2.05, 4.69) is 15.1 Å². The van der Waals surface area contributed by atoms with Crippen molar-refractivity contribution in [1.29, 1.82) is 0 Å². The highest BCUT2D eigenvalue weighted by atomic mass is 16.5. The van der Waals surface area contributed by atoms with Crippen LogP contribution in [0.3, 0.4) is 0 Å². The van der Waals surface area contributed by atoms with Crippen molar-refractivity contribution in [3.8, 4) is 0 Å². The Morgan fingerprint density at radius 1 is 1.00 bits per heavy atom. The van der Waals surface area contributed by atoms with Crippen LogP contribution in [0.15, 0.2) is 53.5 Å². The first kappa shape index (κ1) is 24.3. The van der Waals surface area contributed by atoms with Crippen molar-refractivity contribution in [2.24, 2.45) is 4.99 Å². The summed E-state index contributed by atoms with van der Waals surface area (Å²) in [5, 5.41) is 12.5. The van der Waals surface area contributed by atoms with Gasteiger partial charge in [0.2, 0.25) is 0 Å². The zero-order valence-corrected chi connectivity index (χ0v) is 19.3. The van der Waals surface area contributed by atoms with Gasteiger partial charge in [-0.25, -0.2) is 4.79 Å². The van der Waals surface area contributed by atoms with E-state index in [0.717, 1.165) is 55.5 Å². The molecule has 1 heterocycles. The fourth-order valence-electron chi connectivity index (χ4n) is 3.62. The normalized spacial score (nSPS) is 14.3. The Balaban J connectivity index is 1.65. The summed E-state index contributed by atoms with van der Waals surface area (Å²) in [7, 11) is 0. The van der Waals surface area contributed by atoms with Crippen LogP contribution in [0, 0.1) is 0 Å². The molecule has 0 aromatic heterocycles. The number of benzene rings is 2. The van der Waals surface area contributed by atoms with Crippen LogP contribution in [0.4, 0.5) is 11.4 Å². The molecule has 0 unspecified atom stereocenters. The Morgan fingerprint density at radius 2 is 1.64 bits per heavy atom. The van der Waals surface area contributed by atoms with Crippen molar-refractivity contribution in [2.45, 2.75) is 20.3 Å². The molecule has 8 nitrogen and oxygen atoms in total. The summed E-state index contributed by atoms with van der Waals surface area (Å²) < 4.78 is 5.41. The Bertz CT molecular complexity index is 949. The van der Waals surface area contributed by atoms with Crippen molar-refractivity contribution in [2.75, 3.05) is 56.2 Å². The van der Waals surface area contributed by atoms with Gasteiger partial charge in [0.1, 0.15) is 0 Å². The van der Waals surface area contributed by atoms with E-state index in [1.165, 1.54) is 0 Å². The quantitative estimate of drug-likeness (QED) is 0.260. The second kappa shape index (κ2) is 12.0. The maximum absolute atomic E-state index is 11.5. The van der Waals surface area contributed by atoms with Gasteiger partial charge < -0.3 is 25.0 Å². The summed E-state index contributed by atoms with van der Waals surface area (Å²) in [5.41, 5.74) is 2.87. The molecule has 0 spiro atoms. The number of piperazine rings is 1. The van der Waals surface area contributed by atoms with E-state index in [9.17, 15) is 9.59 Å². The summed E-state index contributed by atoms with van der Waals surface area (Å²) in [5.74, 6) is -0.0982. The molecule has 2 N–H and O–H groups in total. The van der Waals surface area contributed by atoms with Gasteiger partial charge in [-0.3, -0.25) is 9.79 Å². The van der Waals surface area contributed by atoms with Gasteiger partial charge in [0, 0.05) is 62.9 Å². The number of carbonyl (C=O) groups excluding carboxylic acids is 1. The molecule has 3 rings (SSSR count). The molecular formula is C25H32N4O4. The van der Waals surface area contributed by atoms with Gasteiger partial charge in [0.15, 0.2) is 11.7 Å². The number of ketones is 1. The number of nitrogens with zero attached hydrogens (tertiary/aromatic N) is 3. The van der Waals surface area contributed by atoms with Crippen LogP contribution in [0.1, 0.15) is 41.0 Å². The van der Waals surface area contributed by atoms with Crippen molar-refractivity contribution in [3.05, 3.63) is 59.7 Å². The van der Waals surface area contributed by atoms with E-state index in [1.54, 1.807) is 31.2 Å². The number of Topliss-reactive ketones (excluding diaryl/α,β-unsaturated/α-hetero) is 1. The molecule has 33 heavy (non-hydrogen) atoms. The summed E-state index contributed by atoms with van der Waals surface area (Å²) in [6.45, 7) is 8.80. The van der Waals surface area contributed by atoms with Crippen LogP contribution in [0.5, 0.6) is 0 Å². The molecule has 2 aromatic rings. The molecule has 0 bridgehead atoms. The van der Waals surface area contributed by atoms with Gasteiger partial charge in [-0.2, -0.15) is 0 Å². The van der Waals surface area contributed by atoms with Crippen LogP contribution >= 0.6 is 0 Å². The molecule has 8 heteroatoms. The molecule has 0 atom stereocenters. The van der Waals surface area contributed by atoms with E-state index < -0.39 is 5.97 Å². The number of anilines is 2. The molecule has 0 amide bonds. The molecule has 0 radical (unpaired) electrons. The van der Waals surface area contributed by atoms with Gasteiger partial charge in [0.05, 0.1) is 5.56 Å². The van der Waals surface area contributed by atoms with Gasteiger partial charge >= 0.3 is 5.97 Å². The van der Waals surface area contributed by atoms with Crippen molar-refractivity contribution >= 4 is 29.1 Å². The first-order valence-corrected chi connectivity index (χ1v) is 11.3. The Morgan fingerprint density at radius 3 is 2.21 bits per heavy atom.